The average Bonchev–Trinajstić information content (AvgIpc) is 2.81. The first-order valence-electron chi connectivity index (χ1n) is 11.8. The fourth-order valence-corrected chi connectivity index (χ4v) is 4.56. The van der Waals surface area contributed by atoms with Gasteiger partial charge in [-0.05, 0) is 57.4 Å². The third-order valence-corrected chi connectivity index (χ3v) is 6.42. The molecule has 0 radical (unpaired) electrons. The molecule has 3 rings (SSSR count). The van der Waals surface area contributed by atoms with Gasteiger partial charge in [-0.25, -0.2) is 0 Å². The van der Waals surface area contributed by atoms with Crippen molar-refractivity contribution in [2.45, 2.75) is 45.2 Å². The Hall–Kier alpha value is -2.87. The van der Waals surface area contributed by atoms with E-state index in [1.807, 2.05) is 9.80 Å². The molecule has 2 aliphatic heterocycles. The van der Waals surface area contributed by atoms with Gasteiger partial charge < -0.3 is 19.9 Å². The van der Waals surface area contributed by atoms with Crippen LogP contribution >= 0.6 is 0 Å². The molecule has 0 spiro atoms. The summed E-state index contributed by atoms with van der Waals surface area (Å²) in [7, 11) is 0. The van der Waals surface area contributed by atoms with Crippen molar-refractivity contribution >= 4 is 17.7 Å². The molecule has 180 valence electrons. The summed E-state index contributed by atoms with van der Waals surface area (Å²) in [6.07, 6.45) is 4.87. The molecule has 1 N–H and O–H groups in total. The predicted octanol–water partition coefficient (Wildman–Crippen LogP) is 1.91. The lowest BCUT2D eigenvalue weighted by atomic mass is 9.97. The van der Waals surface area contributed by atoms with Gasteiger partial charge in [0.25, 0.3) is 11.8 Å². The molecular formula is C25H36N4O4. The van der Waals surface area contributed by atoms with Crippen molar-refractivity contribution in [3.8, 4) is 5.75 Å². The largest absolute Gasteiger partial charge is 0.484 e. The number of carbonyl (C=O) groups is 3. The summed E-state index contributed by atoms with van der Waals surface area (Å²) in [5, 5.41) is 2.77. The van der Waals surface area contributed by atoms with Gasteiger partial charge in [-0.1, -0.05) is 6.08 Å². The van der Waals surface area contributed by atoms with E-state index >= 15 is 0 Å². The van der Waals surface area contributed by atoms with Crippen LogP contribution in [0.3, 0.4) is 0 Å². The van der Waals surface area contributed by atoms with Crippen molar-refractivity contribution in [1.82, 2.24) is 20.0 Å². The molecule has 2 aliphatic rings. The van der Waals surface area contributed by atoms with Crippen LogP contribution in [0.5, 0.6) is 5.75 Å². The molecule has 3 amide bonds. The highest BCUT2D eigenvalue weighted by molar-refractivity contribution is 5.94. The Morgan fingerprint density at radius 1 is 1.06 bits per heavy atom. The minimum absolute atomic E-state index is 0.00428. The van der Waals surface area contributed by atoms with Crippen molar-refractivity contribution in [3.63, 3.8) is 0 Å². The molecule has 0 bridgehead atoms. The summed E-state index contributed by atoms with van der Waals surface area (Å²) in [4.78, 5) is 43.1. The fraction of sp³-hybridized carbons (Fsp3) is 0.560. The molecule has 2 unspecified atom stereocenters. The Kier molecular flexibility index (Phi) is 8.88. The Labute approximate surface area is 196 Å². The molecule has 2 atom stereocenters. The van der Waals surface area contributed by atoms with Crippen LogP contribution in [0.15, 0.2) is 36.9 Å². The number of amides is 3. The zero-order valence-electron chi connectivity index (χ0n) is 19.8. The van der Waals surface area contributed by atoms with E-state index in [0.717, 1.165) is 19.3 Å². The number of carbonyl (C=O) groups excluding carboxylic acids is 3. The third kappa shape index (κ3) is 6.81. The topological polar surface area (TPSA) is 82.2 Å². The van der Waals surface area contributed by atoms with Crippen LogP contribution in [0.2, 0.25) is 0 Å². The summed E-state index contributed by atoms with van der Waals surface area (Å²) in [5.74, 6) is 0.510. The van der Waals surface area contributed by atoms with E-state index in [1.165, 1.54) is 0 Å². The lowest BCUT2D eigenvalue weighted by Crippen LogP contribution is -2.51. The SMILES string of the molecule is C=CCNC(=O)CN1CCN(C(=O)c2ccc(OCC(=O)N3C(C)CCCC3C)cc2)CC1. The van der Waals surface area contributed by atoms with Gasteiger partial charge in [0.2, 0.25) is 5.91 Å². The number of rotatable bonds is 8. The van der Waals surface area contributed by atoms with E-state index in [1.54, 1.807) is 35.2 Å². The van der Waals surface area contributed by atoms with Crippen LogP contribution < -0.4 is 10.1 Å². The Balaban J connectivity index is 1.45. The first kappa shape index (κ1) is 24.8. The molecule has 1 aromatic rings. The molecule has 2 heterocycles. The van der Waals surface area contributed by atoms with Gasteiger partial charge in [-0.2, -0.15) is 0 Å². The molecule has 0 aromatic heterocycles. The number of likely N-dealkylation sites (tertiary alicyclic amines) is 1. The average molecular weight is 457 g/mol. The van der Waals surface area contributed by atoms with Crippen molar-refractivity contribution in [2.75, 3.05) is 45.9 Å². The standard InChI is InChI=1S/C25H36N4O4/c1-4-12-26-23(30)17-27-13-15-28(16-14-27)25(32)21-8-10-22(11-9-21)33-18-24(31)29-19(2)6-5-7-20(29)3/h4,8-11,19-20H,1,5-7,12-18H2,2-3H3,(H,26,30). The van der Waals surface area contributed by atoms with Crippen LogP contribution in [0.25, 0.3) is 0 Å². The minimum Gasteiger partial charge on any atom is -0.484 e. The second-order valence-electron chi connectivity index (χ2n) is 8.90. The summed E-state index contributed by atoms with van der Waals surface area (Å²) in [6, 6.07) is 7.44. The van der Waals surface area contributed by atoms with E-state index in [-0.39, 0.29) is 36.4 Å². The van der Waals surface area contributed by atoms with Gasteiger partial charge in [-0.3, -0.25) is 19.3 Å². The van der Waals surface area contributed by atoms with Crippen LogP contribution in [-0.4, -0.2) is 90.4 Å². The molecule has 0 saturated carbocycles. The zero-order valence-corrected chi connectivity index (χ0v) is 19.8. The van der Waals surface area contributed by atoms with Gasteiger partial charge in [-0.15, -0.1) is 6.58 Å². The van der Waals surface area contributed by atoms with Gasteiger partial charge in [0, 0.05) is 50.4 Å². The van der Waals surface area contributed by atoms with E-state index in [9.17, 15) is 14.4 Å². The summed E-state index contributed by atoms with van der Waals surface area (Å²) >= 11 is 0. The minimum atomic E-state index is -0.0376. The van der Waals surface area contributed by atoms with Crippen molar-refractivity contribution in [3.05, 3.63) is 42.5 Å². The van der Waals surface area contributed by atoms with Crippen LogP contribution in [0.1, 0.15) is 43.5 Å². The number of hydrogen-bond acceptors (Lipinski definition) is 5. The van der Waals surface area contributed by atoms with Crippen molar-refractivity contribution in [1.29, 1.82) is 0 Å². The number of hydrogen-bond donors (Lipinski definition) is 1. The predicted molar refractivity (Wildman–Crippen MR) is 127 cm³/mol. The normalized spacial score (nSPS) is 21.4. The van der Waals surface area contributed by atoms with Crippen LogP contribution in [0, 0.1) is 0 Å². The fourth-order valence-electron chi connectivity index (χ4n) is 4.56. The lowest BCUT2D eigenvalue weighted by Gasteiger charge is -2.39. The van der Waals surface area contributed by atoms with Crippen LogP contribution in [-0.2, 0) is 9.59 Å². The number of benzene rings is 1. The van der Waals surface area contributed by atoms with E-state index < -0.39 is 0 Å². The zero-order chi connectivity index (χ0) is 23.8. The van der Waals surface area contributed by atoms with E-state index in [2.05, 4.69) is 25.7 Å². The van der Waals surface area contributed by atoms with E-state index in [4.69, 9.17) is 4.74 Å². The molecule has 1 aromatic carbocycles. The molecule has 2 fully saturated rings. The van der Waals surface area contributed by atoms with Gasteiger partial charge >= 0.3 is 0 Å². The highest BCUT2D eigenvalue weighted by atomic mass is 16.5. The maximum atomic E-state index is 12.8. The highest BCUT2D eigenvalue weighted by Gasteiger charge is 2.29. The Morgan fingerprint density at radius 3 is 2.30 bits per heavy atom. The lowest BCUT2D eigenvalue weighted by molar-refractivity contribution is -0.139. The first-order valence-corrected chi connectivity index (χ1v) is 11.8. The second-order valence-corrected chi connectivity index (χ2v) is 8.90. The van der Waals surface area contributed by atoms with E-state index in [0.29, 0.717) is 50.6 Å². The smallest absolute Gasteiger partial charge is 0.260 e. The Bertz CT molecular complexity index is 823. The van der Waals surface area contributed by atoms with Gasteiger partial charge in [0.1, 0.15) is 5.75 Å². The highest BCUT2D eigenvalue weighted by Crippen LogP contribution is 2.23. The number of piperidine rings is 1. The maximum Gasteiger partial charge on any atom is 0.260 e. The van der Waals surface area contributed by atoms with Gasteiger partial charge in [0.05, 0.1) is 6.54 Å². The molecule has 2 saturated heterocycles. The molecular weight excluding hydrogens is 420 g/mol. The second kappa shape index (κ2) is 11.8. The number of nitrogens with one attached hydrogen (secondary N) is 1. The van der Waals surface area contributed by atoms with Crippen molar-refractivity contribution in [2.24, 2.45) is 0 Å². The summed E-state index contributed by atoms with van der Waals surface area (Å²) < 4.78 is 5.71. The van der Waals surface area contributed by atoms with Gasteiger partial charge in [0.15, 0.2) is 6.61 Å². The Morgan fingerprint density at radius 2 is 1.70 bits per heavy atom. The molecule has 8 nitrogen and oxygen atoms in total. The van der Waals surface area contributed by atoms with Crippen molar-refractivity contribution < 1.29 is 19.1 Å². The first-order chi connectivity index (χ1) is 15.9. The number of piperazine rings is 1. The molecule has 8 heteroatoms. The monoisotopic (exact) mass is 456 g/mol. The summed E-state index contributed by atoms with van der Waals surface area (Å²) in [5.41, 5.74) is 0.587. The summed E-state index contributed by atoms with van der Waals surface area (Å²) in [6.45, 7) is 11.0. The number of ether oxygens (including phenoxy) is 1. The maximum absolute atomic E-state index is 12.8. The van der Waals surface area contributed by atoms with Crippen LogP contribution in [0.4, 0.5) is 0 Å². The molecule has 33 heavy (non-hydrogen) atoms. The molecule has 0 aliphatic carbocycles. The third-order valence-electron chi connectivity index (χ3n) is 6.42. The number of nitrogens with zero attached hydrogens (tertiary/aromatic N) is 3. The quantitative estimate of drug-likeness (QED) is 0.605.